The van der Waals surface area contributed by atoms with Crippen molar-refractivity contribution in [3.63, 3.8) is 0 Å². The second kappa shape index (κ2) is 5.19. The molecule has 5 rings (SSSR count). The summed E-state index contributed by atoms with van der Waals surface area (Å²) in [7, 11) is 0. The molecule has 1 aromatic rings. The van der Waals surface area contributed by atoms with Crippen LogP contribution in [0.5, 0.6) is 0 Å². The molecule has 4 heteroatoms. The minimum absolute atomic E-state index is 0.165. The normalized spacial score (nSPS) is 38.8. The van der Waals surface area contributed by atoms with Gasteiger partial charge in [-0.05, 0) is 89.8 Å². The van der Waals surface area contributed by atoms with Crippen molar-refractivity contribution in [2.45, 2.75) is 37.5 Å². The van der Waals surface area contributed by atoms with Crippen LogP contribution in [0.3, 0.4) is 0 Å². The van der Waals surface area contributed by atoms with Crippen LogP contribution in [-0.4, -0.2) is 0 Å². The lowest BCUT2D eigenvalue weighted by atomic mass is 9.51. The molecule has 1 atom stereocenters. The molecule has 0 heterocycles. The first kappa shape index (κ1) is 14.4. The third-order valence-electron chi connectivity index (χ3n) is 5.97. The maximum absolute atomic E-state index is 14.2. The Labute approximate surface area is 137 Å². The van der Waals surface area contributed by atoms with Crippen molar-refractivity contribution >= 4 is 27.5 Å². The van der Waals surface area contributed by atoms with Crippen molar-refractivity contribution < 1.29 is 8.78 Å². The summed E-state index contributed by atoms with van der Waals surface area (Å²) in [4.78, 5) is 0. The standard InChI is InChI=1S/C17H18BrClF2/c18-13-7-14(20)12(6-15(13)21)17(19)16-10-2-8-1-9(4-10)5-11(16)3-8/h6-11,16-17H,1-5H2. The maximum Gasteiger partial charge on any atom is 0.137 e. The number of rotatable bonds is 2. The van der Waals surface area contributed by atoms with Crippen LogP contribution >= 0.6 is 27.5 Å². The lowest BCUT2D eigenvalue weighted by Gasteiger charge is -2.55. The first-order valence-corrected chi connectivity index (χ1v) is 9.04. The van der Waals surface area contributed by atoms with Crippen molar-refractivity contribution in [2.24, 2.45) is 29.6 Å². The van der Waals surface area contributed by atoms with Crippen LogP contribution in [0.15, 0.2) is 16.6 Å². The molecule has 4 bridgehead atoms. The summed E-state index contributed by atoms with van der Waals surface area (Å²) in [6.45, 7) is 0. The summed E-state index contributed by atoms with van der Waals surface area (Å²) in [6.07, 6.45) is 6.33. The lowest BCUT2D eigenvalue weighted by molar-refractivity contribution is -0.0384. The van der Waals surface area contributed by atoms with Gasteiger partial charge in [0.25, 0.3) is 0 Å². The summed E-state index contributed by atoms with van der Waals surface area (Å²) >= 11 is 9.69. The van der Waals surface area contributed by atoms with E-state index in [1.807, 2.05) is 0 Å². The van der Waals surface area contributed by atoms with Crippen LogP contribution < -0.4 is 0 Å². The third kappa shape index (κ3) is 2.35. The van der Waals surface area contributed by atoms with Crippen LogP contribution in [0.25, 0.3) is 0 Å². The van der Waals surface area contributed by atoms with Crippen LogP contribution in [-0.2, 0) is 0 Å². The van der Waals surface area contributed by atoms with Gasteiger partial charge in [-0.1, -0.05) is 0 Å². The summed E-state index contributed by atoms with van der Waals surface area (Å²) < 4.78 is 28.2. The zero-order valence-corrected chi connectivity index (χ0v) is 14.0. The van der Waals surface area contributed by atoms with E-state index in [2.05, 4.69) is 15.9 Å². The van der Waals surface area contributed by atoms with Crippen molar-refractivity contribution in [1.29, 1.82) is 0 Å². The third-order valence-corrected chi connectivity index (χ3v) is 7.11. The van der Waals surface area contributed by atoms with E-state index in [-0.39, 0.29) is 4.47 Å². The van der Waals surface area contributed by atoms with Crippen LogP contribution in [0.1, 0.15) is 43.0 Å². The molecule has 4 aliphatic rings. The zero-order chi connectivity index (χ0) is 14.7. The molecule has 114 valence electrons. The molecule has 4 aliphatic carbocycles. The van der Waals surface area contributed by atoms with E-state index >= 15 is 0 Å². The average Bonchev–Trinajstić information content (AvgIpc) is 2.41. The molecule has 0 nitrogen and oxygen atoms in total. The quantitative estimate of drug-likeness (QED) is 0.434. The molecule has 0 aromatic heterocycles. The van der Waals surface area contributed by atoms with E-state index < -0.39 is 17.0 Å². The van der Waals surface area contributed by atoms with Gasteiger partial charge in [-0.25, -0.2) is 8.78 Å². The fourth-order valence-electron chi connectivity index (χ4n) is 5.40. The van der Waals surface area contributed by atoms with Gasteiger partial charge in [0.1, 0.15) is 11.6 Å². The largest absolute Gasteiger partial charge is 0.207 e. The highest BCUT2D eigenvalue weighted by atomic mass is 79.9. The summed E-state index contributed by atoms with van der Waals surface area (Å²) in [5.41, 5.74) is 0.342. The molecule has 1 unspecified atom stereocenters. The van der Waals surface area contributed by atoms with Gasteiger partial charge in [-0.2, -0.15) is 0 Å². The van der Waals surface area contributed by atoms with E-state index in [0.717, 1.165) is 11.8 Å². The summed E-state index contributed by atoms with van der Waals surface area (Å²) in [6, 6.07) is 2.48. The van der Waals surface area contributed by atoms with Crippen LogP contribution in [0.2, 0.25) is 0 Å². The van der Waals surface area contributed by atoms with Gasteiger partial charge in [0.2, 0.25) is 0 Å². The van der Waals surface area contributed by atoms with Crippen molar-refractivity contribution in [2.75, 3.05) is 0 Å². The van der Waals surface area contributed by atoms with E-state index in [4.69, 9.17) is 11.6 Å². The minimum atomic E-state index is -0.430. The Kier molecular flexibility index (Phi) is 3.57. The molecule has 0 radical (unpaired) electrons. The Morgan fingerprint density at radius 2 is 1.52 bits per heavy atom. The lowest BCUT2D eigenvalue weighted by Crippen LogP contribution is -2.46. The maximum atomic E-state index is 14.2. The summed E-state index contributed by atoms with van der Waals surface area (Å²) in [5, 5.41) is -0.400. The molecule has 0 amide bonds. The fourth-order valence-corrected chi connectivity index (χ4v) is 6.30. The van der Waals surface area contributed by atoms with Gasteiger partial charge in [0.15, 0.2) is 0 Å². The molecule has 0 saturated heterocycles. The second-order valence-corrected chi connectivity index (χ2v) is 8.52. The van der Waals surface area contributed by atoms with Crippen LogP contribution in [0, 0.1) is 41.2 Å². The molecule has 21 heavy (non-hydrogen) atoms. The molecular formula is C17H18BrClF2. The van der Waals surface area contributed by atoms with Crippen molar-refractivity contribution in [1.82, 2.24) is 0 Å². The predicted octanol–water partition coefficient (Wildman–Crippen LogP) is 6.08. The highest BCUT2D eigenvalue weighted by molar-refractivity contribution is 9.10. The molecule has 0 aliphatic heterocycles. The number of hydrogen-bond donors (Lipinski definition) is 0. The number of halogens is 4. The molecule has 0 N–H and O–H groups in total. The predicted molar refractivity (Wildman–Crippen MR) is 83.2 cm³/mol. The van der Waals surface area contributed by atoms with Gasteiger partial charge in [0, 0.05) is 5.56 Å². The smallest absolute Gasteiger partial charge is 0.137 e. The van der Waals surface area contributed by atoms with Gasteiger partial charge in [-0.15, -0.1) is 11.6 Å². The molecular weight excluding hydrogens is 358 g/mol. The Morgan fingerprint density at radius 3 is 2.10 bits per heavy atom. The minimum Gasteiger partial charge on any atom is -0.207 e. The number of hydrogen-bond acceptors (Lipinski definition) is 0. The van der Waals surface area contributed by atoms with Gasteiger partial charge in [-0.3, -0.25) is 0 Å². The van der Waals surface area contributed by atoms with Crippen molar-refractivity contribution in [3.8, 4) is 0 Å². The Hall–Kier alpha value is -0.150. The summed E-state index contributed by atoms with van der Waals surface area (Å²) in [5.74, 6) is 2.43. The highest BCUT2D eigenvalue weighted by Gasteiger charge is 2.50. The monoisotopic (exact) mass is 374 g/mol. The first-order chi connectivity index (χ1) is 10.0. The molecule has 0 spiro atoms. The van der Waals surface area contributed by atoms with E-state index in [9.17, 15) is 8.78 Å². The molecule has 4 saturated carbocycles. The topological polar surface area (TPSA) is 0 Å². The highest BCUT2D eigenvalue weighted by Crippen LogP contribution is 2.60. The Balaban J connectivity index is 1.66. The zero-order valence-electron chi connectivity index (χ0n) is 11.7. The SMILES string of the molecule is Fc1cc(C(Cl)C2C3CC4CC(C3)CC2C4)c(F)cc1Br. The van der Waals surface area contributed by atoms with Gasteiger partial charge >= 0.3 is 0 Å². The van der Waals surface area contributed by atoms with E-state index in [1.54, 1.807) is 0 Å². The second-order valence-electron chi connectivity index (χ2n) is 7.20. The van der Waals surface area contributed by atoms with Crippen molar-refractivity contribution in [3.05, 3.63) is 33.8 Å². The number of alkyl halides is 1. The van der Waals surface area contributed by atoms with E-state index in [1.165, 1.54) is 44.2 Å². The number of benzene rings is 1. The van der Waals surface area contributed by atoms with Gasteiger partial charge in [0.05, 0.1) is 9.85 Å². The average molecular weight is 376 g/mol. The van der Waals surface area contributed by atoms with Crippen LogP contribution in [0.4, 0.5) is 8.78 Å². The molecule has 1 aromatic carbocycles. The molecule has 4 fully saturated rings. The van der Waals surface area contributed by atoms with Gasteiger partial charge < -0.3 is 0 Å². The Bertz CT molecular complexity index is 546. The fraction of sp³-hybridized carbons (Fsp3) is 0.647. The first-order valence-electron chi connectivity index (χ1n) is 7.81. The van der Waals surface area contributed by atoms with E-state index in [0.29, 0.717) is 23.3 Å². The Morgan fingerprint density at radius 1 is 0.952 bits per heavy atom.